The quantitative estimate of drug-likeness (QED) is 0.844. The lowest BCUT2D eigenvalue weighted by Gasteiger charge is -2.07. The summed E-state index contributed by atoms with van der Waals surface area (Å²) in [6.07, 6.45) is 0.0221. The molecule has 0 bridgehead atoms. The molecule has 0 aliphatic rings. The van der Waals surface area contributed by atoms with Crippen LogP contribution in [-0.2, 0) is 4.79 Å². The molecule has 0 aromatic heterocycles. The summed E-state index contributed by atoms with van der Waals surface area (Å²) >= 11 is 13.7. The van der Waals surface area contributed by atoms with E-state index in [9.17, 15) is 4.79 Å². The Kier molecular flexibility index (Phi) is 4.50. The van der Waals surface area contributed by atoms with Crippen molar-refractivity contribution in [2.75, 3.05) is 5.32 Å². The van der Waals surface area contributed by atoms with Gasteiger partial charge in [0.25, 0.3) is 0 Å². The molecule has 0 unspecified atom stereocenters. The van der Waals surface area contributed by atoms with Crippen LogP contribution in [0.25, 0.3) is 0 Å². The number of thiocarbonyl (C=S) groups is 1. The molecule has 80 valence electrons. The first-order valence-electron chi connectivity index (χ1n) is 4.02. The van der Waals surface area contributed by atoms with Crippen molar-refractivity contribution >= 4 is 56.3 Å². The molecule has 1 aromatic carbocycles. The standard InChI is InChI=1S/C9H8BrClN2OS/c10-6-2-1-5(11)3-7(6)13-9(14)4-8(12)15/h1-3H,4H2,(H2,12,15)(H,13,14). The number of anilines is 1. The van der Waals surface area contributed by atoms with Gasteiger partial charge in [-0.3, -0.25) is 4.79 Å². The minimum absolute atomic E-state index is 0.0221. The van der Waals surface area contributed by atoms with E-state index in [0.717, 1.165) is 4.47 Å². The van der Waals surface area contributed by atoms with Crippen LogP contribution in [0.4, 0.5) is 5.69 Å². The average Bonchev–Trinajstić information content (AvgIpc) is 2.10. The van der Waals surface area contributed by atoms with Crippen LogP contribution in [0.15, 0.2) is 22.7 Å². The Balaban J connectivity index is 2.76. The Morgan fingerprint density at radius 3 is 2.87 bits per heavy atom. The third kappa shape index (κ3) is 4.15. The highest BCUT2D eigenvalue weighted by Crippen LogP contribution is 2.25. The number of halogens is 2. The minimum Gasteiger partial charge on any atom is -0.393 e. The predicted molar refractivity (Wildman–Crippen MR) is 69.2 cm³/mol. The van der Waals surface area contributed by atoms with Crippen LogP contribution in [0.3, 0.4) is 0 Å². The summed E-state index contributed by atoms with van der Waals surface area (Å²) < 4.78 is 0.753. The zero-order chi connectivity index (χ0) is 11.4. The maximum absolute atomic E-state index is 11.3. The Morgan fingerprint density at radius 2 is 2.27 bits per heavy atom. The highest BCUT2D eigenvalue weighted by Gasteiger charge is 2.06. The van der Waals surface area contributed by atoms with Crippen LogP contribution in [0.5, 0.6) is 0 Å². The van der Waals surface area contributed by atoms with Crippen molar-refractivity contribution in [2.45, 2.75) is 6.42 Å². The van der Waals surface area contributed by atoms with Gasteiger partial charge in [-0.1, -0.05) is 23.8 Å². The van der Waals surface area contributed by atoms with E-state index in [0.29, 0.717) is 10.7 Å². The SMILES string of the molecule is NC(=S)CC(=O)Nc1cc(Cl)ccc1Br. The molecule has 15 heavy (non-hydrogen) atoms. The fourth-order valence-corrected chi connectivity index (χ4v) is 1.59. The molecular formula is C9H8BrClN2OS. The highest BCUT2D eigenvalue weighted by molar-refractivity contribution is 9.10. The van der Waals surface area contributed by atoms with Gasteiger partial charge >= 0.3 is 0 Å². The van der Waals surface area contributed by atoms with Gasteiger partial charge in [0, 0.05) is 9.50 Å². The number of nitrogens with two attached hydrogens (primary N) is 1. The monoisotopic (exact) mass is 306 g/mol. The smallest absolute Gasteiger partial charge is 0.231 e. The van der Waals surface area contributed by atoms with Crippen LogP contribution >= 0.6 is 39.7 Å². The second-order valence-corrected chi connectivity index (χ2v) is 4.63. The van der Waals surface area contributed by atoms with E-state index in [4.69, 9.17) is 17.3 Å². The summed E-state index contributed by atoms with van der Waals surface area (Å²) in [7, 11) is 0. The van der Waals surface area contributed by atoms with Gasteiger partial charge in [0.05, 0.1) is 17.1 Å². The van der Waals surface area contributed by atoms with Crippen molar-refractivity contribution in [1.29, 1.82) is 0 Å². The number of amides is 1. The van der Waals surface area contributed by atoms with Crippen LogP contribution in [0.2, 0.25) is 5.02 Å². The number of nitrogens with one attached hydrogen (secondary N) is 1. The van der Waals surface area contributed by atoms with Gasteiger partial charge in [0.1, 0.15) is 0 Å². The van der Waals surface area contributed by atoms with Crippen molar-refractivity contribution in [3.8, 4) is 0 Å². The second kappa shape index (κ2) is 5.44. The molecule has 3 N–H and O–H groups in total. The summed E-state index contributed by atoms with van der Waals surface area (Å²) in [5.41, 5.74) is 5.85. The van der Waals surface area contributed by atoms with E-state index in [1.165, 1.54) is 0 Å². The van der Waals surface area contributed by atoms with Gasteiger partial charge < -0.3 is 11.1 Å². The molecule has 0 atom stereocenters. The van der Waals surface area contributed by atoms with Crippen molar-refractivity contribution in [1.82, 2.24) is 0 Å². The van der Waals surface area contributed by atoms with E-state index in [-0.39, 0.29) is 17.3 Å². The van der Waals surface area contributed by atoms with Crippen molar-refractivity contribution in [3.63, 3.8) is 0 Å². The maximum atomic E-state index is 11.3. The molecule has 0 aliphatic carbocycles. The maximum Gasteiger partial charge on any atom is 0.231 e. The Bertz CT molecular complexity index is 411. The molecule has 0 heterocycles. The largest absolute Gasteiger partial charge is 0.393 e. The van der Waals surface area contributed by atoms with Gasteiger partial charge in [0.15, 0.2) is 0 Å². The molecule has 0 saturated carbocycles. The molecule has 3 nitrogen and oxygen atoms in total. The second-order valence-electron chi connectivity index (χ2n) is 2.82. The zero-order valence-electron chi connectivity index (χ0n) is 7.59. The van der Waals surface area contributed by atoms with Crippen LogP contribution in [0, 0.1) is 0 Å². The van der Waals surface area contributed by atoms with Gasteiger partial charge in [0.2, 0.25) is 5.91 Å². The highest BCUT2D eigenvalue weighted by atomic mass is 79.9. The Morgan fingerprint density at radius 1 is 1.60 bits per heavy atom. The first-order valence-corrected chi connectivity index (χ1v) is 5.60. The first kappa shape index (κ1) is 12.4. The summed E-state index contributed by atoms with van der Waals surface area (Å²) in [6, 6.07) is 5.11. The number of carbonyl (C=O) groups excluding carboxylic acids is 1. The van der Waals surface area contributed by atoms with E-state index in [1.807, 2.05) is 0 Å². The number of hydrogen-bond acceptors (Lipinski definition) is 2. The van der Waals surface area contributed by atoms with E-state index in [1.54, 1.807) is 18.2 Å². The summed E-state index contributed by atoms with van der Waals surface area (Å²) in [4.78, 5) is 11.5. The Labute approximate surface area is 106 Å². The molecule has 0 spiro atoms. The van der Waals surface area contributed by atoms with Crippen LogP contribution < -0.4 is 11.1 Å². The molecule has 0 radical (unpaired) electrons. The van der Waals surface area contributed by atoms with E-state index < -0.39 is 0 Å². The first-order chi connectivity index (χ1) is 6.99. The fraction of sp³-hybridized carbons (Fsp3) is 0.111. The molecule has 1 amide bonds. The minimum atomic E-state index is -0.259. The van der Waals surface area contributed by atoms with Gasteiger partial charge in [-0.25, -0.2) is 0 Å². The van der Waals surface area contributed by atoms with Gasteiger partial charge in [-0.15, -0.1) is 0 Å². The summed E-state index contributed by atoms with van der Waals surface area (Å²) in [6.45, 7) is 0. The third-order valence-corrected chi connectivity index (χ3v) is 2.61. The number of benzene rings is 1. The van der Waals surface area contributed by atoms with Crippen molar-refractivity contribution in [3.05, 3.63) is 27.7 Å². The molecule has 1 aromatic rings. The topological polar surface area (TPSA) is 55.1 Å². The molecular weight excluding hydrogens is 300 g/mol. The summed E-state index contributed by atoms with van der Waals surface area (Å²) in [5, 5.41) is 3.19. The normalized spacial score (nSPS) is 9.73. The Hall–Kier alpha value is -0.650. The fourth-order valence-electron chi connectivity index (χ4n) is 0.946. The summed E-state index contributed by atoms with van der Waals surface area (Å²) in [5.74, 6) is -0.259. The molecule has 0 fully saturated rings. The van der Waals surface area contributed by atoms with Gasteiger partial charge in [-0.2, -0.15) is 0 Å². The molecule has 6 heteroatoms. The van der Waals surface area contributed by atoms with Crippen LogP contribution in [-0.4, -0.2) is 10.9 Å². The van der Waals surface area contributed by atoms with E-state index in [2.05, 4.69) is 33.5 Å². The number of carbonyl (C=O) groups is 1. The zero-order valence-corrected chi connectivity index (χ0v) is 10.7. The third-order valence-electron chi connectivity index (χ3n) is 1.54. The van der Waals surface area contributed by atoms with Crippen molar-refractivity contribution in [2.24, 2.45) is 5.73 Å². The number of hydrogen-bond donors (Lipinski definition) is 2. The average molecular weight is 308 g/mol. The number of rotatable bonds is 3. The van der Waals surface area contributed by atoms with Crippen molar-refractivity contribution < 1.29 is 4.79 Å². The molecule has 0 saturated heterocycles. The molecule has 1 rings (SSSR count). The lowest BCUT2D eigenvalue weighted by molar-refractivity contribution is -0.115. The van der Waals surface area contributed by atoms with E-state index >= 15 is 0 Å². The lowest BCUT2D eigenvalue weighted by atomic mass is 10.3. The predicted octanol–water partition coefficient (Wildman–Crippen LogP) is 2.72. The molecule has 0 aliphatic heterocycles. The van der Waals surface area contributed by atoms with Gasteiger partial charge in [-0.05, 0) is 34.1 Å². The van der Waals surface area contributed by atoms with Crippen LogP contribution in [0.1, 0.15) is 6.42 Å². The lowest BCUT2D eigenvalue weighted by Crippen LogP contribution is -2.20.